The third-order valence-electron chi connectivity index (χ3n) is 6.93. The summed E-state index contributed by atoms with van der Waals surface area (Å²) >= 11 is 0. The first kappa shape index (κ1) is 12.7. The van der Waals surface area contributed by atoms with Gasteiger partial charge in [0.1, 0.15) is 0 Å². The van der Waals surface area contributed by atoms with Crippen molar-refractivity contribution in [1.29, 1.82) is 0 Å². The Balaban J connectivity index is 1.52. The second-order valence-corrected chi connectivity index (χ2v) is 9.10. The zero-order valence-corrected chi connectivity index (χ0v) is 13.0. The van der Waals surface area contributed by atoms with Crippen LogP contribution in [0.5, 0.6) is 0 Å². The summed E-state index contributed by atoms with van der Waals surface area (Å²) in [7, 11) is 0. The zero-order chi connectivity index (χ0) is 13.1. The molecule has 1 aliphatic heterocycles. The van der Waals surface area contributed by atoms with Crippen LogP contribution in [0.1, 0.15) is 71.6 Å². The van der Waals surface area contributed by atoms with Gasteiger partial charge in [-0.2, -0.15) is 0 Å². The van der Waals surface area contributed by atoms with Crippen LogP contribution < -0.4 is 0 Å². The van der Waals surface area contributed by atoms with Crippen LogP contribution in [0.4, 0.5) is 0 Å². The molecule has 108 valence electrons. The summed E-state index contributed by atoms with van der Waals surface area (Å²) in [5, 5.41) is 0. The zero-order valence-electron chi connectivity index (χ0n) is 13.0. The van der Waals surface area contributed by atoms with E-state index in [9.17, 15) is 0 Å². The molecule has 1 heteroatoms. The molecular formula is C18H31N. The highest BCUT2D eigenvalue weighted by Gasteiger charge is 2.52. The van der Waals surface area contributed by atoms with Gasteiger partial charge in [0.2, 0.25) is 0 Å². The first-order valence-electron chi connectivity index (χ1n) is 8.80. The largest absolute Gasteiger partial charge is 0.298 e. The molecule has 1 heterocycles. The molecule has 0 aromatic rings. The lowest BCUT2D eigenvalue weighted by atomic mass is 9.47. The molecular weight excluding hydrogens is 230 g/mol. The fourth-order valence-electron chi connectivity index (χ4n) is 6.86. The Bertz CT molecular complexity index is 315. The molecule has 0 amide bonds. The summed E-state index contributed by atoms with van der Waals surface area (Å²) in [6, 6.07) is 0. The average molecular weight is 261 g/mol. The molecule has 0 spiro atoms. The van der Waals surface area contributed by atoms with Crippen molar-refractivity contribution in [3.05, 3.63) is 0 Å². The van der Waals surface area contributed by atoms with Gasteiger partial charge in [-0.05, 0) is 108 Å². The predicted octanol–water partition coefficient (Wildman–Crippen LogP) is 4.47. The van der Waals surface area contributed by atoms with Crippen LogP contribution in [0.3, 0.4) is 0 Å². The molecule has 4 saturated carbocycles. The maximum absolute atomic E-state index is 2.80. The number of hydrogen-bond donors (Lipinski definition) is 0. The van der Waals surface area contributed by atoms with E-state index in [1.54, 1.807) is 38.5 Å². The van der Waals surface area contributed by atoms with E-state index in [0.29, 0.717) is 5.54 Å². The highest BCUT2D eigenvalue weighted by atomic mass is 15.2. The van der Waals surface area contributed by atoms with Crippen LogP contribution in [0.25, 0.3) is 0 Å². The van der Waals surface area contributed by atoms with Crippen molar-refractivity contribution in [3.63, 3.8) is 0 Å². The molecule has 4 aliphatic carbocycles. The summed E-state index contributed by atoms with van der Waals surface area (Å²) < 4.78 is 0. The Kier molecular flexibility index (Phi) is 2.82. The van der Waals surface area contributed by atoms with E-state index in [4.69, 9.17) is 0 Å². The minimum absolute atomic E-state index is 0.460. The molecule has 5 fully saturated rings. The lowest BCUT2D eigenvalue weighted by Gasteiger charge is -2.59. The van der Waals surface area contributed by atoms with Crippen LogP contribution in [-0.4, -0.2) is 23.5 Å². The third-order valence-corrected chi connectivity index (χ3v) is 6.93. The van der Waals surface area contributed by atoms with Crippen LogP contribution in [0.2, 0.25) is 0 Å². The van der Waals surface area contributed by atoms with E-state index >= 15 is 0 Å². The lowest BCUT2D eigenvalue weighted by molar-refractivity contribution is -0.0800. The molecule has 5 aliphatic rings. The second kappa shape index (κ2) is 4.23. The minimum Gasteiger partial charge on any atom is -0.298 e. The van der Waals surface area contributed by atoms with Crippen molar-refractivity contribution >= 4 is 0 Å². The van der Waals surface area contributed by atoms with Crippen LogP contribution in [0.15, 0.2) is 0 Å². The van der Waals surface area contributed by atoms with Crippen molar-refractivity contribution in [2.75, 3.05) is 13.1 Å². The van der Waals surface area contributed by atoms with Crippen molar-refractivity contribution in [2.24, 2.45) is 23.2 Å². The third kappa shape index (κ3) is 2.17. The first-order chi connectivity index (χ1) is 9.05. The number of rotatable bonds is 3. The van der Waals surface area contributed by atoms with Gasteiger partial charge in [-0.25, -0.2) is 0 Å². The Morgan fingerprint density at radius 2 is 1.37 bits per heavy atom. The quantitative estimate of drug-likeness (QED) is 0.724. The molecule has 4 bridgehead atoms. The first-order valence-corrected chi connectivity index (χ1v) is 8.80. The van der Waals surface area contributed by atoms with Gasteiger partial charge >= 0.3 is 0 Å². The Morgan fingerprint density at radius 3 is 1.84 bits per heavy atom. The van der Waals surface area contributed by atoms with Crippen LogP contribution >= 0.6 is 0 Å². The Hall–Kier alpha value is -0.0400. The van der Waals surface area contributed by atoms with Gasteiger partial charge in [-0.3, -0.25) is 4.90 Å². The number of likely N-dealkylation sites (tertiary alicyclic amines) is 1. The lowest BCUT2D eigenvalue weighted by Crippen LogP contribution is -2.52. The molecule has 19 heavy (non-hydrogen) atoms. The van der Waals surface area contributed by atoms with Gasteiger partial charge in [0.15, 0.2) is 0 Å². The predicted molar refractivity (Wildman–Crippen MR) is 80.1 cm³/mol. The monoisotopic (exact) mass is 261 g/mol. The molecule has 0 unspecified atom stereocenters. The summed E-state index contributed by atoms with van der Waals surface area (Å²) in [6.45, 7) is 7.80. The van der Waals surface area contributed by atoms with Crippen LogP contribution in [-0.2, 0) is 0 Å². The van der Waals surface area contributed by atoms with Gasteiger partial charge in [0.05, 0.1) is 0 Å². The molecule has 1 saturated heterocycles. The van der Waals surface area contributed by atoms with E-state index in [2.05, 4.69) is 18.7 Å². The van der Waals surface area contributed by atoms with E-state index in [-0.39, 0.29) is 0 Å². The van der Waals surface area contributed by atoms with Gasteiger partial charge < -0.3 is 0 Å². The van der Waals surface area contributed by atoms with Gasteiger partial charge in [-0.1, -0.05) is 0 Å². The summed E-state index contributed by atoms with van der Waals surface area (Å²) in [6.07, 6.45) is 13.9. The molecule has 0 radical (unpaired) electrons. The summed E-state index contributed by atoms with van der Waals surface area (Å²) in [4.78, 5) is 2.80. The van der Waals surface area contributed by atoms with Crippen molar-refractivity contribution < 1.29 is 0 Å². The van der Waals surface area contributed by atoms with Gasteiger partial charge in [0, 0.05) is 5.54 Å². The minimum atomic E-state index is 0.460. The fraction of sp³-hybridized carbons (Fsp3) is 1.00. The Labute approximate surface area is 119 Å². The molecule has 1 nitrogen and oxygen atoms in total. The van der Waals surface area contributed by atoms with Crippen molar-refractivity contribution in [3.8, 4) is 0 Å². The Morgan fingerprint density at radius 1 is 0.895 bits per heavy atom. The summed E-state index contributed by atoms with van der Waals surface area (Å²) in [5.74, 6) is 3.34. The standard InChI is InChI=1S/C18H31N/c1-17(2,19-5-3-4-6-19)13-18-10-14-7-15(11-18)9-16(8-14)12-18/h14-16H,3-13H2,1-2H3. The van der Waals surface area contributed by atoms with Crippen LogP contribution in [0, 0.1) is 23.2 Å². The van der Waals surface area contributed by atoms with Gasteiger partial charge in [0.25, 0.3) is 0 Å². The maximum atomic E-state index is 2.80. The molecule has 0 atom stereocenters. The smallest absolute Gasteiger partial charge is 0.0158 e. The number of nitrogens with zero attached hydrogens (tertiary/aromatic N) is 1. The average Bonchev–Trinajstić information content (AvgIpc) is 2.78. The fourth-order valence-corrected chi connectivity index (χ4v) is 6.86. The van der Waals surface area contributed by atoms with E-state index in [1.165, 1.54) is 32.4 Å². The van der Waals surface area contributed by atoms with E-state index in [1.807, 2.05) is 0 Å². The molecule has 5 rings (SSSR count). The summed E-state index contributed by atoms with van der Waals surface area (Å²) in [5.41, 5.74) is 1.21. The molecule has 0 N–H and O–H groups in total. The molecule has 0 aromatic carbocycles. The normalized spacial score (nSPS) is 46.1. The topological polar surface area (TPSA) is 3.24 Å². The van der Waals surface area contributed by atoms with E-state index < -0.39 is 0 Å². The second-order valence-electron chi connectivity index (χ2n) is 9.10. The SMILES string of the molecule is CC(C)(CC12CC3CC(CC(C3)C1)C2)N1CCCC1. The maximum Gasteiger partial charge on any atom is 0.0158 e. The van der Waals surface area contributed by atoms with Crippen molar-refractivity contribution in [2.45, 2.75) is 77.2 Å². The van der Waals surface area contributed by atoms with Crippen molar-refractivity contribution in [1.82, 2.24) is 4.90 Å². The molecule has 0 aromatic heterocycles. The number of hydrogen-bond acceptors (Lipinski definition) is 1. The highest BCUT2D eigenvalue weighted by Crippen LogP contribution is 2.62. The van der Waals surface area contributed by atoms with Gasteiger partial charge in [-0.15, -0.1) is 0 Å². The van der Waals surface area contributed by atoms with E-state index in [0.717, 1.165) is 23.2 Å². The highest BCUT2D eigenvalue weighted by molar-refractivity contribution is 5.04.